The van der Waals surface area contributed by atoms with Gasteiger partial charge in [0.2, 0.25) is 11.8 Å². The van der Waals surface area contributed by atoms with Crippen LogP contribution in [-0.4, -0.2) is 70.9 Å². The van der Waals surface area contributed by atoms with Gasteiger partial charge in [-0.05, 0) is 6.42 Å². The number of nitrogens with zero attached hydrogens (tertiary/aromatic N) is 5. The number of rotatable bonds is 3. The molecule has 0 spiro atoms. The maximum absolute atomic E-state index is 12.1. The molecule has 21 heavy (non-hydrogen) atoms. The third kappa shape index (κ3) is 3.18. The van der Waals surface area contributed by atoms with Crippen molar-refractivity contribution < 1.29 is 9.59 Å². The molecule has 7 heteroatoms. The SMILES string of the molecule is O=C1CCCN1C(=O)CN1CCN(c2cnccn2)CC1. The minimum Gasteiger partial charge on any atom is -0.353 e. The Morgan fingerprint density at radius 1 is 1.14 bits per heavy atom. The van der Waals surface area contributed by atoms with E-state index in [0.717, 1.165) is 38.4 Å². The van der Waals surface area contributed by atoms with Crippen LogP contribution in [0.4, 0.5) is 5.82 Å². The van der Waals surface area contributed by atoms with E-state index < -0.39 is 0 Å². The first-order valence-corrected chi connectivity index (χ1v) is 7.30. The van der Waals surface area contributed by atoms with Gasteiger partial charge in [-0.25, -0.2) is 4.98 Å². The number of anilines is 1. The molecule has 112 valence electrons. The van der Waals surface area contributed by atoms with Crippen LogP contribution in [0.5, 0.6) is 0 Å². The monoisotopic (exact) mass is 289 g/mol. The van der Waals surface area contributed by atoms with Crippen LogP contribution in [0.1, 0.15) is 12.8 Å². The first-order chi connectivity index (χ1) is 10.2. The molecule has 1 aromatic heterocycles. The molecular weight excluding hydrogens is 270 g/mol. The number of amides is 2. The Balaban J connectivity index is 1.50. The Morgan fingerprint density at radius 2 is 1.95 bits per heavy atom. The van der Waals surface area contributed by atoms with Crippen molar-refractivity contribution in [2.45, 2.75) is 12.8 Å². The van der Waals surface area contributed by atoms with Gasteiger partial charge in [0.25, 0.3) is 0 Å². The zero-order valence-corrected chi connectivity index (χ0v) is 11.9. The molecule has 0 unspecified atom stereocenters. The van der Waals surface area contributed by atoms with E-state index in [-0.39, 0.29) is 11.8 Å². The van der Waals surface area contributed by atoms with Crippen molar-refractivity contribution in [3.63, 3.8) is 0 Å². The van der Waals surface area contributed by atoms with Crippen molar-refractivity contribution >= 4 is 17.6 Å². The van der Waals surface area contributed by atoms with Gasteiger partial charge in [0.05, 0.1) is 12.7 Å². The van der Waals surface area contributed by atoms with Gasteiger partial charge in [-0.2, -0.15) is 0 Å². The third-order valence-corrected chi connectivity index (χ3v) is 3.98. The van der Waals surface area contributed by atoms with E-state index in [0.29, 0.717) is 19.5 Å². The van der Waals surface area contributed by atoms with Crippen molar-refractivity contribution in [2.75, 3.05) is 44.2 Å². The van der Waals surface area contributed by atoms with Crippen LogP contribution in [-0.2, 0) is 9.59 Å². The lowest BCUT2D eigenvalue weighted by molar-refractivity contribution is -0.142. The highest BCUT2D eigenvalue weighted by Gasteiger charge is 2.28. The summed E-state index contributed by atoms with van der Waals surface area (Å²) in [5, 5.41) is 0. The molecule has 3 rings (SSSR count). The molecule has 2 aliphatic heterocycles. The number of carbonyl (C=O) groups is 2. The van der Waals surface area contributed by atoms with Crippen LogP contribution in [0, 0.1) is 0 Å². The molecule has 2 saturated heterocycles. The number of piperazine rings is 1. The van der Waals surface area contributed by atoms with Crippen molar-refractivity contribution in [1.29, 1.82) is 0 Å². The fraction of sp³-hybridized carbons (Fsp3) is 0.571. The van der Waals surface area contributed by atoms with Gasteiger partial charge in [0.1, 0.15) is 5.82 Å². The highest BCUT2D eigenvalue weighted by atomic mass is 16.2. The summed E-state index contributed by atoms with van der Waals surface area (Å²) in [6.07, 6.45) is 6.40. The Bertz CT molecular complexity index is 513. The normalized spacial score (nSPS) is 20.1. The van der Waals surface area contributed by atoms with Crippen LogP contribution in [0.2, 0.25) is 0 Å². The number of likely N-dealkylation sites (tertiary alicyclic amines) is 1. The van der Waals surface area contributed by atoms with Crippen molar-refractivity contribution in [3.8, 4) is 0 Å². The summed E-state index contributed by atoms with van der Waals surface area (Å²) in [6.45, 7) is 4.14. The Hall–Kier alpha value is -2.02. The van der Waals surface area contributed by atoms with E-state index in [4.69, 9.17) is 0 Å². The summed E-state index contributed by atoms with van der Waals surface area (Å²) >= 11 is 0. The zero-order chi connectivity index (χ0) is 14.7. The highest BCUT2D eigenvalue weighted by molar-refractivity contribution is 5.97. The average Bonchev–Trinajstić information content (AvgIpc) is 2.95. The molecule has 7 nitrogen and oxygen atoms in total. The minimum atomic E-state index is -0.0644. The average molecular weight is 289 g/mol. The zero-order valence-electron chi connectivity index (χ0n) is 11.9. The van der Waals surface area contributed by atoms with Gasteiger partial charge in [-0.15, -0.1) is 0 Å². The third-order valence-electron chi connectivity index (χ3n) is 3.98. The van der Waals surface area contributed by atoms with Gasteiger partial charge in [0.15, 0.2) is 0 Å². The maximum Gasteiger partial charge on any atom is 0.243 e. The van der Waals surface area contributed by atoms with E-state index >= 15 is 0 Å². The number of hydrogen-bond acceptors (Lipinski definition) is 6. The smallest absolute Gasteiger partial charge is 0.243 e. The standard InChI is InChI=1S/C14H19N5O2/c20-13-2-1-5-19(13)14(21)11-17-6-8-18(9-7-17)12-10-15-3-4-16-12/h3-4,10H,1-2,5-9,11H2. The number of aromatic nitrogens is 2. The Labute approximate surface area is 123 Å². The van der Waals surface area contributed by atoms with E-state index in [1.54, 1.807) is 18.6 Å². The number of hydrogen-bond donors (Lipinski definition) is 0. The van der Waals surface area contributed by atoms with Crippen molar-refractivity contribution in [3.05, 3.63) is 18.6 Å². The molecule has 2 amide bonds. The van der Waals surface area contributed by atoms with Gasteiger partial charge in [-0.1, -0.05) is 0 Å². The lowest BCUT2D eigenvalue weighted by Gasteiger charge is -2.35. The first-order valence-electron chi connectivity index (χ1n) is 7.30. The molecule has 2 fully saturated rings. The second-order valence-corrected chi connectivity index (χ2v) is 5.37. The molecule has 0 bridgehead atoms. The second kappa shape index (κ2) is 6.17. The van der Waals surface area contributed by atoms with E-state index in [1.807, 2.05) is 0 Å². The molecule has 0 N–H and O–H groups in total. The van der Waals surface area contributed by atoms with E-state index in [2.05, 4.69) is 19.8 Å². The molecule has 0 atom stereocenters. The van der Waals surface area contributed by atoms with Gasteiger partial charge in [0, 0.05) is 51.5 Å². The maximum atomic E-state index is 12.1. The first kappa shape index (κ1) is 13.9. The number of carbonyl (C=O) groups excluding carboxylic acids is 2. The summed E-state index contributed by atoms with van der Waals surface area (Å²) in [5.74, 6) is 0.779. The van der Waals surface area contributed by atoms with Crippen LogP contribution in [0.3, 0.4) is 0 Å². The van der Waals surface area contributed by atoms with Crippen LogP contribution < -0.4 is 4.90 Å². The van der Waals surface area contributed by atoms with Crippen LogP contribution in [0.25, 0.3) is 0 Å². The largest absolute Gasteiger partial charge is 0.353 e. The predicted octanol–water partition coefficient (Wildman–Crippen LogP) is -0.252. The van der Waals surface area contributed by atoms with Gasteiger partial charge < -0.3 is 4.90 Å². The van der Waals surface area contributed by atoms with Crippen molar-refractivity contribution in [2.24, 2.45) is 0 Å². The molecule has 0 aliphatic carbocycles. The van der Waals surface area contributed by atoms with E-state index in [1.165, 1.54) is 4.90 Å². The molecule has 0 radical (unpaired) electrons. The summed E-state index contributed by atoms with van der Waals surface area (Å²) in [7, 11) is 0. The lowest BCUT2D eigenvalue weighted by Crippen LogP contribution is -2.50. The molecule has 3 heterocycles. The molecule has 1 aromatic rings. The van der Waals surface area contributed by atoms with Gasteiger partial charge >= 0.3 is 0 Å². The molecule has 0 aromatic carbocycles. The van der Waals surface area contributed by atoms with Crippen molar-refractivity contribution in [1.82, 2.24) is 19.8 Å². The second-order valence-electron chi connectivity index (χ2n) is 5.37. The Kier molecular flexibility index (Phi) is 4.10. The number of imide groups is 1. The molecular formula is C14H19N5O2. The lowest BCUT2D eigenvalue weighted by atomic mass is 10.3. The highest BCUT2D eigenvalue weighted by Crippen LogP contribution is 2.13. The molecule has 2 aliphatic rings. The topological polar surface area (TPSA) is 69.6 Å². The fourth-order valence-corrected chi connectivity index (χ4v) is 2.78. The summed E-state index contributed by atoms with van der Waals surface area (Å²) in [6, 6.07) is 0. The van der Waals surface area contributed by atoms with Gasteiger partial charge in [-0.3, -0.25) is 24.4 Å². The van der Waals surface area contributed by atoms with Crippen LogP contribution >= 0.6 is 0 Å². The summed E-state index contributed by atoms with van der Waals surface area (Å²) in [4.78, 5) is 37.7. The Morgan fingerprint density at radius 3 is 2.57 bits per heavy atom. The summed E-state index contributed by atoms with van der Waals surface area (Å²) in [5.41, 5.74) is 0. The quantitative estimate of drug-likeness (QED) is 0.764. The predicted molar refractivity (Wildman–Crippen MR) is 76.6 cm³/mol. The molecule has 0 saturated carbocycles. The minimum absolute atomic E-state index is 0.0294. The fourth-order valence-electron chi connectivity index (χ4n) is 2.78. The van der Waals surface area contributed by atoms with E-state index in [9.17, 15) is 9.59 Å². The van der Waals surface area contributed by atoms with Crippen LogP contribution in [0.15, 0.2) is 18.6 Å². The summed E-state index contributed by atoms with van der Waals surface area (Å²) < 4.78 is 0.